The zero-order valence-electron chi connectivity index (χ0n) is 23.0. The molecular formula is C27H36F3N5O5S. The van der Waals surface area contributed by atoms with E-state index in [2.05, 4.69) is 39.1 Å². The fourth-order valence-corrected chi connectivity index (χ4v) is 5.67. The Balaban J connectivity index is 0.000000587. The lowest BCUT2D eigenvalue weighted by Gasteiger charge is -2.30. The molecule has 2 heterocycles. The molecule has 1 aromatic heterocycles. The van der Waals surface area contributed by atoms with Crippen molar-refractivity contribution >= 4 is 33.4 Å². The summed E-state index contributed by atoms with van der Waals surface area (Å²) in [5.41, 5.74) is 1.78. The molecular weight excluding hydrogens is 563 g/mol. The van der Waals surface area contributed by atoms with Crippen LogP contribution in [0.2, 0.25) is 0 Å². The Kier molecular flexibility index (Phi) is 11.0. The first-order valence-corrected chi connectivity index (χ1v) is 14.9. The summed E-state index contributed by atoms with van der Waals surface area (Å²) in [5.74, 6) is -1.87. The summed E-state index contributed by atoms with van der Waals surface area (Å²) in [6.45, 7) is 7.36. The normalized spacial score (nSPS) is 16.2. The third kappa shape index (κ3) is 9.59. The number of sulfonamides is 1. The highest BCUT2D eigenvalue weighted by Crippen LogP contribution is 2.26. The minimum atomic E-state index is -5.08. The lowest BCUT2D eigenvalue weighted by molar-refractivity contribution is -0.192. The topological polar surface area (TPSA) is 141 Å². The van der Waals surface area contributed by atoms with Gasteiger partial charge in [-0.15, -0.1) is 0 Å². The first kappa shape index (κ1) is 32.1. The molecule has 0 spiro atoms. The number of anilines is 2. The fraction of sp³-hybridized carbons (Fsp3) is 0.519. The Bertz CT molecular complexity index is 1290. The zero-order chi connectivity index (χ0) is 30.2. The number of nitrogens with one attached hydrogen (secondary N) is 3. The molecule has 0 unspecified atom stereocenters. The summed E-state index contributed by atoms with van der Waals surface area (Å²) in [6.07, 6.45) is 1.48. The minimum absolute atomic E-state index is 0.160. The molecule has 1 aliphatic heterocycles. The number of aromatic nitrogens is 1. The summed E-state index contributed by atoms with van der Waals surface area (Å²) in [4.78, 5) is 28.9. The number of hydrogen-bond donors (Lipinski definition) is 4. The van der Waals surface area contributed by atoms with Crippen LogP contribution in [0.1, 0.15) is 55.5 Å². The molecule has 4 rings (SSSR count). The van der Waals surface area contributed by atoms with Gasteiger partial charge in [-0.3, -0.25) is 9.52 Å². The maximum absolute atomic E-state index is 13.2. The number of alkyl halides is 3. The first-order valence-electron chi connectivity index (χ1n) is 13.4. The van der Waals surface area contributed by atoms with Gasteiger partial charge in [-0.1, -0.05) is 38.8 Å². The van der Waals surface area contributed by atoms with Gasteiger partial charge in [-0.25, -0.2) is 18.2 Å². The van der Waals surface area contributed by atoms with E-state index in [0.717, 1.165) is 63.8 Å². The Labute approximate surface area is 237 Å². The molecule has 0 atom stereocenters. The number of carbonyl (C=O) groups is 2. The Morgan fingerprint density at radius 1 is 1.12 bits per heavy atom. The molecule has 14 heteroatoms. The van der Waals surface area contributed by atoms with Gasteiger partial charge in [0, 0.05) is 32.2 Å². The van der Waals surface area contributed by atoms with E-state index < -0.39 is 22.2 Å². The van der Waals surface area contributed by atoms with Crippen LogP contribution in [0.5, 0.6) is 0 Å². The van der Waals surface area contributed by atoms with E-state index in [0.29, 0.717) is 17.3 Å². The van der Waals surface area contributed by atoms with E-state index in [1.54, 1.807) is 18.2 Å². The molecule has 1 aliphatic carbocycles. The largest absolute Gasteiger partial charge is 0.490 e. The number of pyridine rings is 1. The molecule has 41 heavy (non-hydrogen) atoms. The van der Waals surface area contributed by atoms with E-state index in [4.69, 9.17) is 9.90 Å². The Morgan fingerprint density at radius 3 is 2.24 bits per heavy atom. The van der Waals surface area contributed by atoms with Gasteiger partial charge in [0.05, 0.1) is 22.3 Å². The van der Waals surface area contributed by atoms with Crippen LogP contribution >= 0.6 is 0 Å². The highest BCUT2D eigenvalue weighted by atomic mass is 32.2. The van der Waals surface area contributed by atoms with Crippen molar-refractivity contribution < 1.29 is 36.3 Å². The minimum Gasteiger partial charge on any atom is -0.475 e. The van der Waals surface area contributed by atoms with Gasteiger partial charge in [0.2, 0.25) is 0 Å². The molecule has 2 aromatic rings. The average molecular weight is 600 g/mol. The quantitative estimate of drug-likeness (QED) is 0.359. The standard InChI is InChI=1S/C25H35N5O3S.C2HF3O2/c1-18(2)15-19-7-9-22(10-8-19)34(32,33)29-21-16-23(25(31)28-20-5-3-4-6-20)24(27-17-21)30-13-11-26-12-14-30;3-2(4,5)1(6)7/h7-10,16-18,20,26,29H,3-6,11-15H2,1-2H3,(H,28,31);(H,6,7). The van der Waals surface area contributed by atoms with Gasteiger partial charge in [-0.05, 0) is 48.9 Å². The lowest BCUT2D eigenvalue weighted by Crippen LogP contribution is -2.45. The van der Waals surface area contributed by atoms with Gasteiger partial charge in [0.15, 0.2) is 0 Å². The number of aliphatic carboxylic acids is 1. The number of rotatable bonds is 8. The fourth-order valence-electron chi connectivity index (χ4n) is 4.63. The van der Waals surface area contributed by atoms with Gasteiger partial charge in [-0.2, -0.15) is 13.2 Å². The number of carboxylic acid groups (broad SMARTS) is 1. The van der Waals surface area contributed by atoms with E-state index in [-0.39, 0.29) is 22.5 Å². The number of piperazine rings is 1. The van der Waals surface area contributed by atoms with Crippen LogP contribution < -0.4 is 20.3 Å². The van der Waals surface area contributed by atoms with E-state index in [1.165, 1.54) is 6.20 Å². The highest BCUT2D eigenvalue weighted by molar-refractivity contribution is 7.92. The van der Waals surface area contributed by atoms with Gasteiger partial charge in [0.25, 0.3) is 15.9 Å². The van der Waals surface area contributed by atoms with E-state index in [9.17, 15) is 26.4 Å². The second kappa shape index (κ2) is 14.0. The van der Waals surface area contributed by atoms with Crippen molar-refractivity contribution in [2.75, 3.05) is 35.8 Å². The summed E-state index contributed by atoms with van der Waals surface area (Å²) in [7, 11) is -3.81. The number of carbonyl (C=O) groups excluding carboxylic acids is 1. The van der Waals surface area contributed by atoms with Crippen molar-refractivity contribution in [3.05, 3.63) is 47.7 Å². The van der Waals surface area contributed by atoms with Gasteiger partial charge < -0.3 is 20.6 Å². The van der Waals surface area contributed by atoms with Crippen molar-refractivity contribution in [2.24, 2.45) is 5.92 Å². The smallest absolute Gasteiger partial charge is 0.475 e. The molecule has 1 saturated heterocycles. The maximum atomic E-state index is 13.2. The maximum Gasteiger partial charge on any atom is 0.490 e. The van der Waals surface area contributed by atoms with Crippen LogP contribution in [-0.4, -0.2) is 68.8 Å². The number of amides is 1. The SMILES string of the molecule is CC(C)Cc1ccc(S(=O)(=O)Nc2cnc(N3CCNCC3)c(C(=O)NC3CCCC3)c2)cc1.O=C(O)C(F)(F)F. The molecule has 2 aliphatic rings. The van der Waals surface area contributed by atoms with Crippen molar-refractivity contribution in [3.8, 4) is 0 Å². The number of benzene rings is 1. The number of halogens is 3. The zero-order valence-corrected chi connectivity index (χ0v) is 23.8. The third-order valence-electron chi connectivity index (χ3n) is 6.59. The third-order valence-corrected chi connectivity index (χ3v) is 7.99. The predicted molar refractivity (Wildman–Crippen MR) is 149 cm³/mol. The van der Waals surface area contributed by atoms with Crippen molar-refractivity contribution in [3.63, 3.8) is 0 Å². The molecule has 1 amide bonds. The van der Waals surface area contributed by atoms with Crippen LogP contribution in [0.3, 0.4) is 0 Å². The van der Waals surface area contributed by atoms with E-state index >= 15 is 0 Å². The van der Waals surface area contributed by atoms with Gasteiger partial charge >= 0.3 is 12.1 Å². The number of carboxylic acids is 1. The summed E-state index contributed by atoms with van der Waals surface area (Å²) in [6, 6.07) is 8.71. The molecule has 10 nitrogen and oxygen atoms in total. The second-order valence-corrected chi connectivity index (χ2v) is 12.1. The molecule has 226 valence electrons. The average Bonchev–Trinajstić information content (AvgIpc) is 3.42. The monoisotopic (exact) mass is 599 g/mol. The van der Waals surface area contributed by atoms with Crippen LogP contribution in [0.4, 0.5) is 24.7 Å². The highest BCUT2D eigenvalue weighted by Gasteiger charge is 2.38. The molecule has 0 bridgehead atoms. The van der Waals surface area contributed by atoms with Crippen molar-refractivity contribution in [1.29, 1.82) is 0 Å². The number of nitrogens with zero attached hydrogens (tertiary/aromatic N) is 2. The van der Waals surface area contributed by atoms with E-state index in [1.807, 2.05) is 12.1 Å². The summed E-state index contributed by atoms with van der Waals surface area (Å²) in [5, 5.41) is 13.5. The molecule has 0 radical (unpaired) electrons. The molecule has 1 saturated carbocycles. The lowest BCUT2D eigenvalue weighted by atomic mass is 10.0. The van der Waals surface area contributed by atoms with Gasteiger partial charge in [0.1, 0.15) is 5.82 Å². The van der Waals surface area contributed by atoms with Crippen LogP contribution in [0.15, 0.2) is 41.4 Å². The first-order chi connectivity index (χ1) is 19.3. The number of hydrogen-bond acceptors (Lipinski definition) is 7. The predicted octanol–water partition coefficient (Wildman–Crippen LogP) is 3.80. The summed E-state index contributed by atoms with van der Waals surface area (Å²) < 4.78 is 60.4. The van der Waals surface area contributed by atoms with Crippen molar-refractivity contribution in [1.82, 2.24) is 15.6 Å². The summed E-state index contributed by atoms with van der Waals surface area (Å²) >= 11 is 0. The van der Waals surface area contributed by atoms with Crippen LogP contribution in [0.25, 0.3) is 0 Å². The van der Waals surface area contributed by atoms with Crippen molar-refractivity contribution in [2.45, 2.75) is 63.1 Å². The molecule has 2 fully saturated rings. The van der Waals surface area contributed by atoms with Crippen LogP contribution in [-0.2, 0) is 21.2 Å². The molecule has 1 aromatic carbocycles. The molecule has 4 N–H and O–H groups in total. The Hall–Kier alpha value is -3.39. The van der Waals surface area contributed by atoms with Crippen LogP contribution in [0, 0.1) is 5.92 Å². The Morgan fingerprint density at radius 2 is 1.71 bits per heavy atom. The second-order valence-electron chi connectivity index (χ2n) is 10.4.